The van der Waals surface area contributed by atoms with Gasteiger partial charge in [0.1, 0.15) is 0 Å². The largest absolute Gasteiger partial charge is 0.481 e. The molecule has 0 spiro atoms. The molecule has 0 bridgehead atoms. The maximum Gasteiger partial charge on any atom is 0.304 e. The van der Waals surface area contributed by atoms with E-state index in [1.807, 2.05) is 24.3 Å². The zero-order valence-corrected chi connectivity index (χ0v) is 11.7. The third-order valence-corrected chi connectivity index (χ3v) is 4.10. The average Bonchev–Trinajstić information content (AvgIpc) is 2.46. The first-order valence-corrected chi connectivity index (χ1v) is 7.09. The van der Waals surface area contributed by atoms with Crippen molar-refractivity contribution in [3.8, 4) is 6.07 Å². The molecule has 0 radical (unpaired) electrons. The Morgan fingerprint density at radius 2 is 2.15 bits per heavy atom. The fourth-order valence-electron chi connectivity index (χ4n) is 2.98. The van der Waals surface area contributed by atoms with Crippen LogP contribution in [-0.2, 0) is 4.79 Å². The Morgan fingerprint density at radius 3 is 2.75 bits per heavy atom. The molecule has 1 fully saturated rings. The second-order valence-corrected chi connectivity index (χ2v) is 5.40. The van der Waals surface area contributed by atoms with E-state index in [0.29, 0.717) is 5.56 Å². The van der Waals surface area contributed by atoms with E-state index in [9.17, 15) is 4.79 Å². The highest BCUT2D eigenvalue weighted by Crippen LogP contribution is 2.29. The molecule has 1 saturated heterocycles. The van der Waals surface area contributed by atoms with E-state index in [1.54, 1.807) is 0 Å². The van der Waals surface area contributed by atoms with E-state index in [4.69, 9.17) is 10.4 Å². The first kappa shape index (κ1) is 14.5. The van der Waals surface area contributed by atoms with Gasteiger partial charge in [-0.25, -0.2) is 0 Å². The lowest BCUT2D eigenvalue weighted by Gasteiger charge is -2.39. The van der Waals surface area contributed by atoms with Crippen LogP contribution in [0.5, 0.6) is 0 Å². The maximum absolute atomic E-state index is 11.0. The van der Waals surface area contributed by atoms with Gasteiger partial charge in [0.2, 0.25) is 0 Å². The SMILES string of the molecule is CC(c1ccc(C#N)cc1)N1CCCCC1CC(=O)O. The van der Waals surface area contributed by atoms with E-state index in [0.717, 1.165) is 31.4 Å². The van der Waals surface area contributed by atoms with Crippen molar-refractivity contribution in [3.63, 3.8) is 0 Å². The molecule has 1 aliphatic heterocycles. The Kier molecular flexibility index (Phi) is 4.75. The molecule has 20 heavy (non-hydrogen) atoms. The minimum Gasteiger partial charge on any atom is -0.481 e. The van der Waals surface area contributed by atoms with Crippen molar-refractivity contribution >= 4 is 5.97 Å². The maximum atomic E-state index is 11.0. The quantitative estimate of drug-likeness (QED) is 0.915. The molecule has 0 amide bonds. The number of rotatable bonds is 4. The van der Waals surface area contributed by atoms with Crippen molar-refractivity contribution in [3.05, 3.63) is 35.4 Å². The van der Waals surface area contributed by atoms with Gasteiger partial charge in [-0.15, -0.1) is 0 Å². The topological polar surface area (TPSA) is 64.3 Å². The van der Waals surface area contributed by atoms with E-state index in [-0.39, 0.29) is 18.5 Å². The van der Waals surface area contributed by atoms with Crippen LogP contribution in [0, 0.1) is 11.3 Å². The van der Waals surface area contributed by atoms with E-state index < -0.39 is 5.97 Å². The van der Waals surface area contributed by atoms with E-state index in [1.165, 1.54) is 0 Å². The van der Waals surface area contributed by atoms with Gasteiger partial charge >= 0.3 is 5.97 Å². The lowest BCUT2D eigenvalue weighted by atomic mass is 9.95. The number of carbonyl (C=O) groups is 1. The van der Waals surface area contributed by atoms with Crippen LogP contribution in [0.15, 0.2) is 24.3 Å². The average molecular weight is 272 g/mol. The first-order chi connectivity index (χ1) is 9.61. The number of hydrogen-bond donors (Lipinski definition) is 1. The van der Waals surface area contributed by atoms with Gasteiger partial charge in [-0.2, -0.15) is 5.26 Å². The molecule has 4 heteroatoms. The Hall–Kier alpha value is -1.86. The third kappa shape index (κ3) is 3.37. The number of benzene rings is 1. The first-order valence-electron chi connectivity index (χ1n) is 7.09. The molecule has 0 aromatic heterocycles. The lowest BCUT2D eigenvalue weighted by molar-refractivity contribution is -0.139. The second-order valence-electron chi connectivity index (χ2n) is 5.40. The van der Waals surface area contributed by atoms with Crippen LogP contribution in [0.2, 0.25) is 0 Å². The summed E-state index contributed by atoms with van der Waals surface area (Å²) in [7, 11) is 0. The van der Waals surface area contributed by atoms with Crippen molar-refractivity contribution in [1.29, 1.82) is 5.26 Å². The Labute approximate surface area is 119 Å². The summed E-state index contributed by atoms with van der Waals surface area (Å²) in [5, 5.41) is 17.9. The molecule has 0 aliphatic carbocycles. The van der Waals surface area contributed by atoms with Crippen LogP contribution >= 0.6 is 0 Å². The van der Waals surface area contributed by atoms with Crippen LogP contribution < -0.4 is 0 Å². The third-order valence-electron chi connectivity index (χ3n) is 4.10. The van der Waals surface area contributed by atoms with Crippen molar-refractivity contribution in [1.82, 2.24) is 4.90 Å². The fourth-order valence-corrected chi connectivity index (χ4v) is 2.98. The van der Waals surface area contributed by atoms with Gasteiger partial charge in [0.15, 0.2) is 0 Å². The van der Waals surface area contributed by atoms with Gasteiger partial charge in [0.25, 0.3) is 0 Å². The Morgan fingerprint density at radius 1 is 1.45 bits per heavy atom. The number of nitrogens with zero attached hydrogens (tertiary/aromatic N) is 2. The van der Waals surface area contributed by atoms with Crippen molar-refractivity contribution < 1.29 is 9.90 Å². The molecule has 2 atom stereocenters. The van der Waals surface area contributed by atoms with Crippen LogP contribution in [0.3, 0.4) is 0 Å². The Bertz CT molecular complexity index is 504. The number of piperidine rings is 1. The summed E-state index contributed by atoms with van der Waals surface area (Å²) in [4.78, 5) is 13.3. The highest BCUT2D eigenvalue weighted by molar-refractivity contribution is 5.67. The minimum atomic E-state index is -0.728. The Balaban J connectivity index is 2.13. The van der Waals surface area contributed by atoms with E-state index in [2.05, 4.69) is 17.9 Å². The van der Waals surface area contributed by atoms with Crippen molar-refractivity contribution in [2.45, 2.75) is 44.7 Å². The van der Waals surface area contributed by atoms with Crippen molar-refractivity contribution in [2.75, 3.05) is 6.54 Å². The summed E-state index contributed by atoms with van der Waals surface area (Å²) >= 11 is 0. The second kappa shape index (κ2) is 6.53. The highest BCUT2D eigenvalue weighted by atomic mass is 16.4. The standard InChI is InChI=1S/C16H20N2O2/c1-12(14-7-5-13(11-17)6-8-14)18-9-3-2-4-15(18)10-16(19)20/h5-8,12,15H,2-4,9-10H2,1H3,(H,19,20). The predicted molar refractivity (Wildman–Crippen MR) is 76.2 cm³/mol. The van der Waals surface area contributed by atoms with Crippen LogP contribution in [0.4, 0.5) is 0 Å². The molecule has 1 aliphatic rings. The highest BCUT2D eigenvalue weighted by Gasteiger charge is 2.28. The smallest absolute Gasteiger partial charge is 0.304 e. The molecule has 4 nitrogen and oxygen atoms in total. The zero-order valence-electron chi connectivity index (χ0n) is 11.7. The van der Waals surface area contributed by atoms with Crippen LogP contribution in [0.25, 0.3) is 0 Å². The number of nitriles is 1. The van der Waals surface area contributed by atoms with Gasteiger partial charge in [-0.3, -0.25) is 9.69 Å². The fraction of sp³-hybridized carbons (Fsp3) is 0.500. The number of hydrogen-bond acceptors (Lipinski definition) is 3. The molecule has 1 heterocycles. The molecule has 106 valence electrons. The number of likely N-dealkylation sites (tertiary alicyclic amines) is 1. The van der Waals surface area contributed by atoms with Crippen molar-refractivity contribution in [2.24, 2.45) is 0 Å². The normalized spacial score (nSPS) is 21.1. The summed E-state index contributed by atoms with van der Waals surface area (Å²) in [5.74, 6) is -0.728. The van der Waals surface area contributed by atoms with Gasteiger partial charge < -0.3 is 5.11 Å². The van der Waals surface area contributed by atoms with Gasteiger partial charge in [0, 0.05) is 12.1 Å². The molecular weight excluding hydrogens is 252 g/mol. The van der Waals surface area contributed by atoms with E-state index >= 15 is 0 Å². The van der Waals surface area contributed by atoms with Crippen LogP contribution in [-0.4, -0.2) is 28.6 Å². The molecule has 0 saturated carbocycles. The van der Waals surface area contributed by atoms with Gasteiger partial charge in [-0.05, 0) is 44.0 Å². The number of aliphatic carboxylic acids is 1. The monoisotopic (exact) mass is 272 g/mol. The van der Waals surface area contributed by atoms with Crippen LogP contribution in [0.1, 0.15) is 49.8 Å². The molecule has 1 aromatic rings. The van der Waals surface area contributed by atoms with Gasteiger partial charge in [-0.1, -0.05) is 18.6 Å². The lowest BCUT2D eigenvalue weighted by Crippen LogP contribution is -2.42. The minimum absolute atomic E-state index is 0.117. The predicted octanol–water partition coefficient (Wildman–Crippen LogP) is 2.95. The zero-order chi connectivity index (χ0) is 14.5. The molecule has 2 unspecified atom stereocenters. The number of carboxylic acid groups (broad SMARTS) is 1. The molecular formula is C16H20N2O2. The van der Waals surface area contributed by atoms with Gasteiger partial charge in [0.05, 0.1) is 18.1 Å². The summed E-state index contributed by atoms with van der Waals surface area (Å²) in [6.07, 6.45) is 3.39. The summed E-state index contributed by atoms with van der Waals surface area (Å²) < 4.78 is 0. The summed E-state index contributed by atoms with van der Waals surface area (Å²) in [6, 6.07) is 10.00. The molecule has 1 N–H and O–H groups in total. The molecule has 2 rings (SSSR count). The summed E-state index contributed by atoms with van der Waals surface area (Å²) in [6.45, 7) is 3.06. The molecule has 1 aromatic carbocycles. The summed E-state index contributed by atoms with van der Waals surface area (Å²) in [5.41, 5.74) is 1.79. The number of carboxylic acids is 1.